The Hall–Kier alpha value is -2.66. The van der Waals surface area contributed by atoms with Crippen molar-refractivity contribution in [3.05, 3.63) is 59.3 Å². The van der Waals surface area contributed by atoms with Crippen LogP contribution in [-0.2, 0) is 24.1 Å². The lowest BCUT2D eigenvalue weighted by molar-refractivity contribution is -0.108. The number of anilines is 1. The summed E-state index contributed by atoms with van der Waals surface area (Å²) in [5.41, 5.74) is 5.51. The molecule has 2 aromatic carbocycles. The zero-order valence-corrected chi connectivity index (χ0v) is 17.3. The first-order valence-corrected chi connectivity index (χ1v) is 11.2. The van der Waals surface area contributed by atoms with Gasteiger partial charge >= 0.3 is 0 Å². The maximum absolute atomic E-state index is 11.1. The number of rotatable bonds is 7. The molecule has 0 saturated carbocycles. The molecule has 0 amide bonds. The van der Waals surface area contributed by atoms with Gasteiger partial charge in [-0.15, -0.1) is 0 Å². The number of hydrogen-bond donors (Lipinski definition) is 1. The number of aromatic nitrogens is 1. The second-order valence-corrected chi connectivity index (χ2v) is 8.79. The van der Waals surface area contributed by atoms with Gasteiger partial charge in [0, 0.05) is 30.1 Å². The minimum Gasteiger partial charge on any atom is -0.375 e. The van der Waals surface area contributed by atoms with E-state index in [4.69, 9.17) is 4.52 Å². The van der Waals surface area contributed by atoms with Gasteiger partial charge in [0.2, 0.25) is 0 Å². The van der Waals surface area contributed by atoms with Crippen molar-refractivity contribution in [2.75, 3.05) is 25.0 Å². The summed E-state index contributed by atoms with van der Waals surface area (Å²) < 4.78 is 5.59. The van der Waals surface area contributed by atoms with Gasteiger partial charge in [-0.3, -0.25) is 0 Å². The van der Waals surface area contributed by atoms with Gasteiger partial charge in [-0.2, -0.15) is 0 Å². The summed E-state index contributed by atoms with van der Waals surface area (Å²) in [5.74, 6) is 0.764. The Labute approximate surface area is 177 Å². The zero-order chi connectivity index (χ0) is 20.3. The molecular weight excluding hydrogens is 374 g/mol. The number of likely N-dealkylation sites (tertiary alicyclic amines) is 1. The van der Waals surface area contributed by atoms with Crippen molar-refractivity contribution in [1.82, 2.24) is 10.1 Å². The van der Waals surface area contributed by atoms with E-state index in [2.05, 4.69) is 51.8 Å². The number of aryl methyl sites for hydroxylation is 1. The molecule has 3 heterocycles. The van der Waals surface area contributed by atoms with E-state index in [9.17, 15) is 4.79 Å². The molecule has 1 N–H and O–H groups in total. The number of nitrogens with zero attached hydrogens (tertiary/aromatic N) is 2. The summed E-state index contributed by atoms with van der Waals surface area (Å²) in [5, 5.41) is 8.70. The normalized spacial score (nSPS) is 19.7. The average Bonchev–Trinajstić information content (AvgIpc) is 3.39. The molecule has 1 fully saturated rings. The zero-order valence-electron chi connectivity index (χ0n) is 17.3. The first-order chi connectivity index (χ1) is 14.8. The van der Waals surface area contributed by atoms with Crippen LogP contribution in [0, 0.1) is 5.92 Å². The van der Waals surface area contributed by atoms with Crippen LogP contribution in [0.15, 0.2) is 47.0 Å². The SMILES string of the molecule is O=CC1Cc2cc3c(CCC4CCN(CCc5ccccc5)CC4)noc3cc2N1. The van der Waals surface area contributed by atoms with Gasteiger partial charge in [0.1, 0.15) is 6.29 Å². The van der Waals surface area contributed by atoms with Crippen molar-refractivity contribution in [2.45, 2.75) is 44.6 Å². The van der Waals surface area contributed by atoms with Crippen LogP contribution in [0.3, 0.4) is 0 Å². The fourth-order valence-electron chi connectivity index (χ4n) is 4.90. The quantitative estimate of drug-likeness (QED) is 0.598. The lowest BCUT2D eigenvalue weighted by Crippen LogP contribution is -2.35. The number of fused-ring (bicyclic) bond motifs is 2. The number of aldehydes is 1. The highest BCUT2D eigenvalue weighted by Gasteiger charge is 2.23. The Kier molecular flexibility index (Phi) is 5.54. The standard InChI is InChI=1S/C25H29N3O2/c29-17-21-14-20-15-22-23(27-30-25(22)16-24(20)26-21)7-6-19-9-12-28(13-10-19)11-8-18-4-2-1-3-5-18/h1-5,15-17,19,21,26H,6-14H2. The topological polar surface area (TPSA) is 58.4 Å². The molecule has 30 heavy (non-hydrogen) atoms. The largest absolute Gasteiger partial charge is 0.375 e. The van der Waals surface area contributed by atoms with Gasteiger partial charge in [0.15, 0.2) is 5.58 Å². The summed E-state index contributed by atoms with van der Waals surface area (Å²) >= 11 is 0. The Morgan fingerprint density at radius 1 is 1.13 bits per heavy atom. The minimum absolute atomic E-state index is 0.116. The van der Waals surface area contributed by atoms with Crippen molar-refractivity contribution in [3.8, 4) is 0 Å². The molecule has 0 bridgehead atoms. The molecule has 5 heteroatoms. The lowest BCUT2D eigenvalue weighted by atomic mass is 9.91. The predicted octanol–water partition coefficient (Wildman–Crippen LogP) is 4.25. The summed E-state index contributed by atoms with van der Waals surface area (Å²) in [7, 11) is 0. The molecule has 5 nitrogen and oxygen atoms in total. The Morgan fingerprint density at radius 3 is 2.77 bits per heavy atom. The number of benzene rings is 2. The van der Waals surface area contributed by atoms with Crippen molar-refractivity contribution >= 4 is 22.9 Å². The fraction of sp³-hybridized carbons (Fsp3) is 0.440. The third kappa shape index (κ3) is 4.12. The van der Waals surface area contributed by atoms with E-state index in [1.54, 1.807) is 0 Å². The highest BCUT2D eigenvalue weighted by molar-refractivity contribution is 5.87. The first-order valence-electron chi connectivity index (χ1n) is 11.2. The second-order valence-electron chi connectivity index (χ2n) is 8.79. The maximum Gasteiger partial charge on any atom is 0.169 e. The molecule has 0 radical (unpaired) electrons. The monoisotopic (exact) mass is 403 g/mol. The van der Waals surface area contributed by atoms with Crippen LogP contribution in [0.2, 0.25) is 0 Å². The fourth-order valence-corrected chi connectivity index (χ4v) is 4.90. The van der Waals surface area contributed by atoms with Crippen molar-refractivity contribution in [3.63, 3.8) is 0 Å². The Morgan fingerprint density at radius 2 is 1.97 bits per heavy atom. The van der Waals surface area contributed by atoms with Gasteiger partial charge in [0.05, 0.1) is 11.7 Å². The van der Waals surface area contributed by atoms with Gasteiger partial charge in [-0.05, 0) is 68.3 Å². The summed E-state index contributed by atoms with van der Waals surface area (Å²) in [6, 6.07) is 14.8. The summed E-state index contributed by atoms with van der Waals surface area (Å²) in [4.78, 5) is 13.7. The minimum atomic E-state index is -0.116. The predicted molar refractivity (Wildman–Crippen MR) is 119 cm³/mol. The van der Waals surface area contributed by atoms with E-state index in [1.165, 1.54) is 43.5 Å². The van der Waals surface area contributed by atoms with Crippen LogP contribution in [-0.4, -0.2) is 42.0 Å². The highest BCUT2D eigenvalue weighted by Crippen LogP contribution is 2.33. The molecule has 5 rings (SSSR count). The second kappa shape index (κ2) is 8.60. The molecule has 2 aliphatic heterocycles. The number of piperidine rings is 1. The van der Waals surface area contributed by atoms with Gasteiger partial charge in [-0.1, -0.05) is 35.5 Å². The third-order valence-corrected chi connectivity index (χ3v) is 6.77. The van der Waals surface area contributed by atoms with Crippen LogP contribution < -0.4 is 5.32 Å². The molecule has 1 unspecified atom stereocenters. The third-order valence-electron chi connectivity index (χ3n) is 6.77. The van der Waals surface area contributed by atoms with E-state index in [1.807, 2.05) is 6.07 Å². The van der Waals surface area contributed by atoms with Crippen molar-refractivity contribution in [2.24, 2.45) is 5.92 Å². The van der Waals surface area contributed by atoms with E-state index in [0.717, 1.165) is 60.4 Å². The average molecular weight is 404 g/mol. The number of hydrogen-bond acceptors (Lipinski definition) is 5. The van der Waals surface area contributed by atoms with Crippen molar-refractivity contribution in [1.29, 1.82) is 0 Å². The molecule has 1 saturated heterocycles. The van der Waals surface area contributed by atoms with Crippen LogP contribution >= 0.6 is 0 Å². The number of carbonyl (C=O) groups is 1. The molecule has 3 aromatic rings. The molecule has 0 aliphatic carbocycles. The Bertz CT molecular complexity index is 1010. The van der Waals surface area contributed by atoms with Gasteiger partial charge in [-0.25, -0.2) is 0 Å². The molecular formula is C25H29N3O2. The lowest BCUT2D eigenvalue weighted by Gasteiger charge is -2.31. The van der Waals surface area contributed by atoms with Gasteiger partial charge < -0.3 is 19.5 Å². The van der Waals surface area contributed by atoms with Crippen LogP contribution in [0.5, 0.6) is 0 Å². The van der Waals surface area contributed by atoms with E-state index in [0.29, 0.717) is 0 Å². The van der Waals surface area contributed by atoms with Crippen LogP contribution in [0.25, 0.3) is 11.0 Å². The molecule has 156 valence electrons. The van der Waals surface area contributed by atoms with Gasteiger partial charge in [0.25, 0.3) is 0 Å². The molecule has 2 aliphatic rings. The molecule has 1 aromatic heterocycles. The molecule has 0 spiro atoms. The van der Waals surface area contributed by atoms with Crippen LogP contribution in [0.1, 0.15) is 36.1 Å². The number of nitrogens with one attached hydrogen (secondary N) is 1. The van der Waals surface area contributed by atoms with E-state index < -0.39 is 0 Å². The summed E-state index contributed by atoms with van der Waals surface area (Å²) in [6.45, 7) is 3.55. The first kappa shape index (κ1) is 19.3. The van der Waals surface area contributed by atoms with E-state index >= 15 is 0 Å². The van der Waals surface area contributed by atoms with Crippen LogP contribution in [0.4, 0.5) is 5.69 Å². The smallest absolute Gasteiger partial charge is 0.169 e. The summed E-state index contributed by atoms with van der Waals surface area (Å²) in [6.07, 6.45) is 7.54. The molecule has 1 atom stereocenters. The highest BCUT2D eigenvalue weighted by atomic mass is 16.5. The Balaban J connectivity index is 1.13. The van der Waals surface area contributed by atoms with Crippen molar-refractivity contribution < 1.29 is 9.32 Å². The van der Waals surface area contributed by atoms with E-state index in [-0.39, 0.29) is 6.04 Å². The number of carbonyl (C=O) groups excluding carboxylic acids is 1. The maximum atomic E-state index is 11.1.